The van der Waals surface area contributed by atoms with Crippen molar-refractivity contribution >= 4 is 45.8 Å². The first kappa shape index (κ1) is 14.0. The van der Waals surface area contributed by atoms with E-state index in [0.717, 1.165) is 17.5 Å². The monoisotopic (exact) mass is 378 g/mol. The number of hydrogen-bond donors (Lipinski definition) is 1. The van der Waals surface area contributed by atoms with E-state index >= 15 is 0 Å². The summed E-state index contributed by atoms with van der Waals surface area (Å²) in [6, 6.07) is 3.64. The number of nitrogens with one attached hydrogen (secondary N) is 1. The van der Waals surface area contributed by atoms with Gasteiger partial charge in [-0.15, -0.1) is 0 Å². The summed E-state index contributed by atoms with van der Waals surface area (Å²) in [5.41, 5.74) is 1.76. The zero-order valence-electron chi connectivity index (χ0n) is 10.6. The Balaban J connectivity index is 2.67. The number of nitrogens with zero attached hydrogens (tertiary/aromatic N) is 1. The number of imidazole rings is 1. The van der Waals surface area contributed by atoms with Crippen LogP contribution in [0.3, 0.4) is 0 Å². The Hall–Kier alpha value is -0.430. The van der Waals surface area contributed by atoms with E-state index in [1.54, 1.807) is 12.1 Å². The van der Waals surface area contributed by atoms with Gasteiger partial charge < -0.3 is 9.55 Å². The van der Waals surface area contributed by atoms with E-state index in [-0.39, 0.29) is 11.9 Å². The molecule has 2 unspecified atom stereocenters. The average molecular weight is 378 g/mol. The van der Waals surface area contributed by atoms with Gasteiger partial charge in [-0.1, -0.05) is 20.3 Å². The van der Waals surface area contributed by atoms with Crippen molar-refractivity contribution in [1.29, 1.82) is 0 Å². The van der Waals surface area contributed by atoms with Crippen LogP contribution in [0.5, 0.6) is 0 Å². The zero-order valence-corrected chi connectivity index (χ0v) is 13.6. The number of benzene rings is 1. The molecule has 5 heteroatoms. The van der Waals surface area contributed by atoms with Gasteiger partial charge in [-0.2, -0.15) is 0 Å². The smallest absolute Gasteiger partial charge is 0.178 e. The lowest BCUT2D eigenvalue weighted by atomic mass is 10.0. The second-order valence-corrected chi connectivity index (χ2v) is 6.26. The summed E-state index contributed by atoms with van der Waals surface area (Å²) in [4.78, 5) is 3.16. The molecule has 0 aliphatic heterocycles. The molecule has 0 aliphatic rings. The van der Waals surface area contributed by atoms with Crippen molar-refractivity contribution in [1.82, 2.24) is 9.55 Å². The highest BCUT2D eigenvalue weighted by molar-refractivity contribution is 14.1. The molecule has 1 N–H and O–H groups in total. The van der Waals surface area contributed by atoms with Crippen molar-refractivity contribution in [3.05, 3.63) is 26.3 Å². The van der Waals surface area contributed by atoms with E-state index in [0.29, 0.717) is 14.3 Å². The molecular weight excluding hydrogens is 362 g/mol. The van der Waals surface area contributed by atoms with Crippen molar-refractivity contribution in [3.8, 4) is 0 Å². The van der Waals surface area contributed by atoms with Gasteiger partial charge in [-0.3, -0.25) is 0 Å². The first-order valence-electron chi connectivity index (χ1n) is 6.05. The molecule has 1 aromatic carbocycles. The fourth-order valence-electron chi connectivity index (χ4n) is 2.12. The van der Waals surface area contributed by atoms with Crippen LogP contribution in [0.25, 0.3) is 11.0 Å². The van der Waals surface area contributed by atoms with Gasteiger partial charge in [-0.05, 0) is 53.7 Å². The highest BCUT2D eigenvalue weighted by Crippen LogP contribution is 2.28. The maximum Gasteiger partial charge on any atom is 0.178 e. The van der Waals surface area contributed by atoms with Crippen molar-refractivity contribution in [2.24, 2.45) is 5.92 Å². The predicted molar refractivity (Wildman–Crippen MR) is 84.0 cm³/mol. The van der Waals surface area contributed by atoms with Crippen molar-refractivity contribution in [2.75, 3.05) is 0 Å². The number of rotatable bonds is 3. The van der Waals surface area contributed by atoms with Crippen LogP contribution in [-0.2, 0) is 0 Å². The molecule has 0 radical (unpaired) electrons. The van der Waals surface area contributed by atoms with Crippen molar-refractivity contribution in [3.63, 3.8) is 0 Å². The topological polar surface area (TPSA) is 20.7 Å². The normalized spacial score (nSPS) is 14.9. The SMILES string of the molecule is CCC(C)C(C)n1c(=S)[nH]c2cc(I)c(F)cc21. The first-order valence-corrected chi connectivity index (χ1v) is 7.53. The van der Waals surface area contributed by atoms with Gasteiger partial charge in [0.1, 0.15) is 5.82 Å². The molecule has 0 bridgehead atoms. The molecule has 18 heavy (non-hydrogen) atoms. The van der Waals surface area contributed by atoms with Crippen LogP contribution in [0.2, 0.25) is 0 Å². The van der Waals surface area contributed by atoms with E-state index in [1.165, 1.54) is 0 Å². The van der Waals surface area contributed by atoms with Crippen LogP contribution in [-0.4, -0.2) is 9.55 Å². The minimum absolute atomic E-state index is 0.192. The summed E-state index contributed by atoms with van der Waals surface area (Å²) in [7, 11) is 0. The lowest BCUT2D eigenvalue weighted by molar-refractivity contribution is 0.374. The fraction of sp³-hybridized carbons (Fsp3) is 0.462. The van der Waals surface area contributed by atoms with Gasteiger partial charge in [0.15, 0.2) is 4.77 Å². The van der Waals surface area contributed by atoms with Crippen molar-refractivity contribution < 1.29 is 4.39 Å². The number of aromatic amines is 1. The Labute approximate surface area is 125 Å². The number of fused-ring (bicyclic) bond motifs is 1. The summed E-state index contributed by atoms with van der Waals surface area (Å²) in [6.07, 6.45) is 1.07. The van der Waals surface area contributed by atoms with Gasteiger partial charge in [0.2, 0.25) is 0 Å². The lowest BCUT2D eigenvalue weighted by Gasteiger charge is -2.20. The zero-order chi connectivity index (χ0) is 13.4. The fourth-order valence-corrected chi connectivity index (χ4v) is 2.96. The Kier molecular flexibility index (Phi) is 4.11. The molecule has 0 saturated carbocycles. The van der Waals surface area contributed by atoms with E-state index in [9.17, 15) is 4.39 Å². The van der Waals surface area contributed by atoms with Gasteiger partial charge in [0.05, 0.1) is 14.6 Å². The highest BCUT2D eigenvalue weighted by atomic mass is 127. The molecule has 0 spiro atoms. The van der Waals surface area contributed by atoms with Crippen LogP contribution >= 0.6 is 34.8 Å². The number of H-pyrrole nitrogens is 1. The van der Waals surface area contributed by atoms with Crippen LogP contribution in [0.4, 0.5) is 4.39 Å². The van der Waals surface area contributed by atoms with E-state index in [4.69, 9.17) is 12.2 Å². The van der Waals surface area contributed by atoms with Gasteiger partial charge in [0, 0.05) is 12.1 Å². The van der Waals surface area contributed by atoms with E-state index in [1.807, 2.05) is 27.2 Å². The third-order valence-electron chi connectivity index (χ3n) is 3.63. The second-order valence-electron chi connectivity index (χ2n) is 4.71. The Morgan fingerprint density at radius 3 is 2.72 bits per heavy atom. The third-order valence-corrected chi connectivity index (χ3v) is 4.76. The molecule has 98 valence electrons. The lowest BCUT2D eigenvalue weighted by Crippen LogP contribution is -2.13. The number of hydrogen-bond acceptors (Lipinski definition) is 1. The standard InChI is InChI=1S/C13H16FIN2S/c1-4-7(2)8(3)17-12-5-9(14)10(15)6-11(12)16-13(17)18/h5-8H,4H2,1-3H3,(H,16,18). The molecule has 2 rings (SSSR count). The maximum absolute atomic E-state index is 13.7. The largest absolute Gasteiger partial charge is 0.331 e. The summed E-state index contributed by atoms with van der Waals surface area (Å²) >= 11 is 7.36. The third kappa shape index (κ3) is 2.34. The molecule has 2 aromatic rings. The molecule has 2 atom stereocenters. The molecule has 0 fully saturated rings. The predicted octanol–water partition coefficient (Wildman–Crippen LogP) is 5.05. The Morgan fingerprint density at radius 1 is 1.44 bits per heavy atom. The van der Waals surface area contributed by atoms with Crippen molar-refractivity contribution in [2.45, 2.75) is 33.2 Å². The van der Waals surface area contributed by atoms with Crippen LogP contribution < -0.4 is 0 Å². The Morgan fingerprint density at radius 2 is 2.11 bits per heavy atom. The number of aromatic nitrogens is 2. The average Bonchev–Trinajstić information content (AvgIpc) is 2.63. The highest BCUT2D eigenvalue weighted by Gasteiger charge is 2.17. The number of halogens is 2. The van der Waals surface area contributed by atoms with Crippen LogP contribution in [0, 0.1) is 20.1 Å². The Bertz CT molecular complexity index is 632. The second kappa shape index (κ2) is 5.28. The summed E-state index contributed by atoms with van der Waals surface area (Å²) in [5.74, 6) is 0.306. The van der Waals surface area contributed by atoms with Crippen LogP contribution in [0.1, 0.15) is 33.2 Å². The van der Waals surface area contributed by atoms with Gasteiger partial charge in [0.25, 0.3) is 0 Å². The minimum atomic E-state index is -0.192. The first-order chi connectivity index (χ1) is 8.45. The molecule has 2 nitrogen and oxygen atoms in total. The molecule has 0 aliphatic carbocycles. The molecule has 0 saturated heterocycles. The molecule has 1 heterocycles. The maximum atomic E-state index is 13.7. The van der Waals surface area contributed by atoms with Gasteiger partial charge >= 0.3 is 0 Å². The van der Waals surface area contributed by atoms with E-state index in [2.05, 4.69) is 25.8 Å². The van der Waals surface area contributed by atoms with Gasteiger partial charge in [-0.25, -0.2) is 4.39 Å². The molecular formula is C13H16FIN2S. The summed E-state index contributed by atoms with van der Waals surface area (Å²) in [6.45, 7) is 6.48. The van der Waals surface area contributed by atoms with E-state index < -0.39 is 0 Å². The summed E-state index contributed by atoms with van der Waals surface area (Å²) in [5, 5.41) is 0. The van der Waals surface area contributed by atoms with Crippen LogP contribution in [0.15, 0.2) is 12.1 Å². The quantitative estimate of drug-likeness (QED) is 0.586. The minimum Gasteiger partial charge on any atom is -0.331 e. The molecule has 1 aromatic heterocycles. The molecule has 0 amide bonds. The summed E-state index contributed by atoms with van der Waals surface area (Å²) < 4.78 is 17.0.